The molecule has 2 N–H and O–H groups in total. The van der Waals surface area contributed by atoms with Crippen molar-refractivity contribution in [2.75, 3.05) is 13.2 Å². The van der Waals surface area contributed by atoms with E-state index in [-0.39, 0.29) is 12.6 Å². The minimum atomic E-state index is 0.0665. The Labute approximate surface area is 124 Å². The zero-order valence-electron chi connectivity index (χ0n) is 11.4. The van der Waals surface area contributed by atoms with Gasteiger partial charge in [0.2, 0.25) is 0 Å². The molecular weight excluding hydrogens is 285 g/mol. The molecular formula is C14H21Cl2NO2. The Balaban J connectivity index is 2.84. The minimum absolute atomic E-state index is 0.0665. The van der Waals surface area contributed by atoms with Crippen molar-refractivity contribution in [2.45, 2.75) is 39.3 Å². The van der Waals surface area contributed by atoms with E-state index in [1.54, 1.807) is 6.07 Å². The number of hydrogen-bond donors (Lipinski definition) is 2. The molecule has 3 nitrogen and oxygen atoms in total. The molecule has 0 heterocycles. The highest BCUT2D eigenvalue weighted by molar-refractivity contribution is 6.35. The van der Waals surface area contributed by atoms with Gasteiger partial charge in [0.1, 0.15) is 5.75 Å². The third-order valence-electron chi connectivity index (χ3n) is 2.83. The van der Waals surface area contributed by atoms with Gasteiger partial charge in [-0.2, -0.15) is 0 Å². The van der Waals surface area contributed by atoms with Crippen LogP contribution in [0.2, 0.25) is 10.0 Å². The topological polar surface area (TPSA) is 41.5 Å². The molecule has 5 heteroatoms. The number of halogens is 2. The van der Waals surface area contributed by atoms with Gasteiger partial charge >= 0.3 is 0 Å². The van der Waals surface area contributed by atoms with E-state index in [1.165, 1.54) is 0 Å². The van der Waals surface area contributed by atoms with Crippen LogP contribution in [-0.4, -0.2) is 24.4 Å². The van der Waals surface area contributed by atoms with E-state index in [9.17, 15) is 5.11 Å². The highest BCUT2D eigenvalue weighted by Gasteiger charge is 2.12. The smallest absolute Gasteiger partial charge is 0.142 e. The van der Waals surface area contributed by atoms with Crippen LogP contribution in [0.1, 0.15) is 32.3 Å². The lowest BCUT2D eigenvalue weighted by atomic mass is 10.1. The van der Waals surface area contributed by atoms with E-state index in [4.69, 9.17) is 27.9 Å². The van der Waals surface area contributed by atoms with Crippen molar-refractivity contribution in [3.8, 4) is 5.75 Å². The lowest BCUT2D eigenvalue weighted by Gasteiger charge is -2.17. The number of nitrogens with one attached hydrogen (secondary N) is 1. The highest BCUT2D eigenvalue weighted by atomic mass is 35.5. The van der Waals surface area contributed by atoms with E-state index >= 15 is 0 Å². The fourth-order valence-electron chi connectivity index (χ4n) is 1.70. The van der Waals surface area contributed by atoms with Crippen molar-refractivity contribution in [3.05, 3.63) is 27.7 Å². The summed E-state index contributed by atoms with van der Waals surface area (Å²) >= 11 is 12.2. The highest BCUT2D eigenvalue weighted by Crippen LogP contribution is 2.32. The summed E-state index contributed by atoms with van der Waals surface area (Å²) in [7, 11) is 0. The van der Waals surface area contributed by atoms with Crippen molar-refractivity contribution in [3.63, 3.8) is 0 Å². The fourth-order valence-corrected chi connectivity index (χ4v) is 2.29. The molecule has 0 bridgehead atoms. The molecule has 0 aliphatic heterocycles. The lowest BCUT2D eigenvalue weighted by molar-refractivity contribution is 0.237. The Hall–Kier alpha value is -0.480. The van der Waals surface area contributed by atoms with Crippen LogP contribution < -0.4 is 10.1 Å². The molecule has 0 aliphatic carbocycles. The number of hydrogen-bond acceptors (Lipinski definition) is 3. The molecule has 0 aromatic heterocycles. The molecule has 0 fully saturated rings. The first-order valence-electron chi connectivity index (χ1n) is 6.57. The van der Waals surface area contributed by atoms with Crippen LogP contribution in [0.3, 0.4) is 0 Å². The van der Waals surface area contributed by atoms with Crippen molar-refractivity contribution < 1.29 is 9.84 Å². The standard InChI is InChI=1S/C14H21Cl2NO2/c1-3-5-19-14-10(6-11(15)7-13(14)16)8-17-12(4-2)9-18/h6-7,12,17-18H,3-5,8-9H2,1-2H3/t12-/m1/s1. The monoisotopic (exact) mass is 305 g/mol. The molecule has 0 radical (unpaired) electrons. The molecule has 0 saturated carbocycles. The molecule has 1 aromatic rings. The summed E-state index contributed by atoms with van der Waals surface area (Å²) in [6.45, 7) is 5.36. The number of ether oxygens (including phenoxy) is 1. The fraction of sp³-hybridized carbons (Fsp3) is 0.571. The predicted octanol–water partition coefficient (Wildman–Crippen LogP) is 3.64. The quantitative estimate of drug-likeness (QED) is 0.770. The molecule has 1 rings (SSSR count). The summed E-state index contributed by atoms with van der Waals surface area (Å²) in [5, 5.41) is 13.5. The third-order valence-corrected chi connectivity index (χ3v) is 3.33. The van der Waals surface area contributed by atoms with Gasteiger partial charge < -0.3 is 15.2 Å². The first-order valence-corrected chi connectivity index (χ1v) is 7.32. The summed E-state index contributed by atoms with van der Waals surface area (Å²) in [5.74, 6) is 0.674. The van der Waals surface area contributed by atoms with Gasteiger partial charge in [-0.25, -0.2) is 0 Å². The largest absolute Gasteiger partial charge is 0.492 e. The summed E-state index contributed by atoms with van der Waals surface area (Å²) < 4.78 is 5.68. The lowest BCUT2D eigenvalue weighted by Crippen LogP contribution is -2.31. The molecule has 0 unspecified atom stereocenters. The number of rotatable bonds is 8. The normalized spacial score (nSPS) is 12.5. The van der Waals surface area contributed by atoms with Crippen LogP contribution in [0.15, 0.2) is 12.1 Å². The summed E-state index contributed by atoms with van der Waals surface area (Å²) in [5.41, 5.74) is 0.915. The van der Waals surface area contributed by atoms with Gasteiger partial charge in [-0.1, -0.05) is 37.0 Å². The maximum absolute atomic E-state index is 9.18. The third kappa shape index (κ3) is 5.19. The Morgan fingerprint density at radius 3 is 2.63 bits per heavy atom. The Kier molecular flexibility index (Phi) is 7.54. The van der Waals surface area contributed by atoms with Gasteiger partial charge in [0.15, 0.2) is 0 Å². The van der Waals surface area contributed by atoms with Gasteiger partial charge in [0, 0.05) is 23.2 Å². The zero-order chi connectivity index (χ0) is 14.3. The first kappa shape index (κ1) is 16.6. The Morgan fingerprint density at radius 2 is 2.05 bits per heavy atom. The van der Waals surface area contributed by atoms with Gasteiger partial charge in [-0.05, 0) is 25.0 Å². The maximum atomic E-state index is 9.18. The maximum Gasteiger partial charge on any atom is 0.142 e. The summed E-state index contributed by atoms with van der Waals surface area (Å²) in [4.78, 5) is 0. The summed E-state index contributed by atoms with van der Waals surface area (Å²) in [6.07, 6.45) is 1.77. The van der Waals surface area contributed by atoms with Crippen LogP contribution in [0, 0.1) is 0 Å². The second kappa shape index (κ2) is 8.64. The van der Waals surface area contributed by atoms with Crippen LogP contribution >= 0.6 is 23.2 Å². The van der Waals surface area contributed by atoms with Crippen LogP contribution in [0.25, 0.3) is 0 Å². The molecule has 0 saturated heterocycles. The van der Waals surface area contributed by atoms with Gasteiger partial charge in [-0.15, -0.1) is 0 Å². The van der Waals surface area contributed by atoms with Gasteiger partial charge in [0.05, 0.1) is 18.2 Å². The molecule has 0 spiro atoms. The number of benzene rings is 1. The summed E-state index contributed by atoms with van der Waals surface area (Å²) in [6, 6.07) is 3.59. The Morgan fingerprint density at radius 1 is 1.32 bits per heavy atom. The van der Waals surface area contributed by atoms with Crippen molar-refractivity contribution in [1.29, 1.82) is 0 Å². The second-order valence-electron chi connectivity index (χ2n) is 4.39. The first-order chi connectivity index (χ1) is 9.12. The molecule has 19 heavy (non-hydrogen) atoms. The van der Waals surface area contributed by atoms with E-state index in [1.807, 2.05) is 19.9 Å². The minimum Gasteiger partial charge on any atom is -0.492 e. The van der Waals surface area contributed by atoms with Crippen molar-refractivity contribution in [2.24, 2.45) is 0 Å². The predicted molar refractivity (Wildman–Crippen MR) is 80.3 cm³/mol. The van der Waals surface area contributed by atoms with E-state index in [0.717, 1.165) is 18.4 Å². The van der Waals surface area contributed by atoms with Crippen LogP contribution in [-0.2, 0) is 6.54 Å². The van der Waals surface area contributed by atoms with Crippen LogP contribution in [0.5, 0.6) is 5.75 Å². The average Bonchev–Trinajstić information content (AvgIpc) is 2.38. The van der Waals surface area contributed by atoms with Gasteiger partial charge in [-0.3, -0.25) is 0 Å². The molecule has 1 atom stereocenters. The van der Waals surface area contributed by atoms with E-state index in [0.29, 0.717) is 28.9 Å². The average molecular weight is 306 g/mol. The zero-order valence-corrected chi connectivity index (χ0v) is 12.9. The number of aliphatic hydroxyl groups is 1. The van der Waals surface area contributed by atoms with Crippen molar-refractivity contribution >= 4 is 23.2 Å². The second-order valence-corrected chi connectivity index (χ2v) is 5.24. The molecule has 1 aromatic carbocycles. The van der Waals surface area contributed by atoms with Gasteiger partial charge in [0.25, 0.3) is 0 Å². The number of aliphatic hydroxyl groups excluding tert-OH is 1. The SMILES string of the molecule is CCCOc1c(Cl)cc(Cl)cc1CN[C@H](CC)CO. The van der Waals surface area contributed by atoms with E-state index in [2.05, 4.69) is 5.32 Å². The Bertz CT molecular complexity index is 395. The van der Waals surface area contributed by atoms with Crippen LogP contribution in [0.4, 0.5) is 0 Å². The molecule has 108 valence electrons. The van der Waals surface area contributed by atoms with E-state index < -0.39 is 0 Å². The molecule has 0 aliphatic rings. The van der Waals surface area contributed by atoms with Crippen molar-refractivity contribution in [1.82, 2.24) is 5.32 Å². The molecule has 0 amide bonds.